The average Bonchev–Trinajstić information content (AvgIpc) is 1.83. The highest BCUT2D eigenvalue weighted by atomic mass is 127. The Kier molecular flexibility index (Phi) is 5.41. The molecule has 4 heteroatoms. The molecule has 0 heterocycles. The van der Waals surface area contributed by atoms with Crippen LogP contribution in [0.1, 0.15) is 0 Å². The summed E-state index contributed by atoms with van der Waals surface area (Å²) < 4.78 is 5.12. The zero-order valence-corrected chi connectivity index (χ0v) is 6.77. The largest absolute Gasteiger partial charge is 0.468 e. The quantitative estimate of drug-likeness (QED) is 0.324. The van der Waals surface area contributed by atoms with Crippen molar-refractivity contribution in [1.29, 1.82) is 0 Å². The lowest BCUT2D eigenvalue weighted by Crippen LogP contribution is -2.21. The SMILES string of the molecule is COC(=O)CNCI. The number of rotatable bonds is 3. The molecule has 0 spiro atoms. The van der Waals surface area contributed by atoms with E-state index in [0.717, 1.165) is 4.55 Å². The van der Waals surface area contributed by atoms with Crippen molar-refractivity contribution in [2.75, 3.05) is 18.2 Å². The van der Waals surface area contributed by atoms with Gasteiger partial charge in [-0.05, 0) is 0 Å². The summed E-state index contributed by atoms with van der Waals surface area (Å²) in [5, 5.41) is 2.81. The third kappa shape index (κ3) is 4.32. The minimum Gasteiger partial charge on any atom is -0.468 e. The number of esters is 1. The molecule has 0 atom stereocenters. The van der Waals surface area contributed by atoms with Crippen molar-refractivity contribution in [2.45, 2.75) is 0 Å². The minimum atomic E-state index is -0.221. The normalized spacial score (nSPS) is 8.75. The minimum absolute atomic E-state index is 0.221. The third-order valence-electron chi connectivity index (χ3n) is 0.591. The molecule has 1 N–H and O–H groups in total. The van der Waals surface area contributed by atoms with E-state index >= 15 is 0 Å². The van der Waals surface area contributed by atoms with Crippen molar-refractivity contribution in [3.05, 3.63) is 0 Å². The van der Waals surface area contributed by atoms with Crippen molar-refractivity contribution in [2.24, 2.45) is 0 Å². The van der Waals surface area contributed by atoms with E-state index in [0.29, 0.717) is 6.54 Å². The maximum Gasteiger partial charge on any atom is 0.319 e. The predicted molar refractivity (Wildman–Crippen MR) is 38.9 cm³/mol. The molecular formula is C4H8INO2. The van der Waals surface area contributed by atoms with Gasteiger partial charge in [-0.1, -0.05) is 22.6 Å². The van der Waals surface area contributed by atoms with Gasteiger partial charge in [0.25, 0.3) is 0 Å². The van der Waals surface area contributed by atoms with Gasteiger partial charge in [-0.2, -0.15) is 0 Å². The molecule has 48 valence electrons. The molecule has 3 nitrogen and oxygen atoms in total. The van der Waals surface area contributed by atoms with Crippen molar-refractivity contribution < 1.29 is 9.53 Å². The van der Waals surface area contributed by atoms with E-state index < -0.39 is 0 Å². The molecule has 0 aliphatic carbocycles. The Morgan fingerprint density at radius 2 is 2.50 bits per heavy atom. The fraction of sp³-hybridized carbons (Fsp3) is 0.750. The highest BCUT2D eigenvalue weighted by Gasteiger charge is 1.94. The van der Waals surface area contributed by atoms with Gasteiger partial charge in [-0.15, -0.1) is 0 Å². The fourth-order valence-electron chi connectivity index (χ4n) is 0.221. The first-order valence-corrected chi connectivity index (χ1v) is 3.67. The molecule has 0 aromatic heterocycles. The van der Waals surface area contributed by atoms with Crippen LogP contribution in [-0.4, -0.2) is 24.2 Å². The van der Waals surface area contributed by atoms with Crippen LogP contribution in [0.5, 0.6) is 0 Å². The number of halogens is 1. The Hall–Kier alpha value is 0.160. The number of carbonyl (C=O) groups is 1. The lowest BCUT2D eigenvalue weighted by molar-refractivity contribution is -0.139. The van der Waals surface area contributed by atoms with Crippen molar-refractivity contribution >= 4 is 28.6 Å². The molecule has 0 aromatic carbocycles. The van der Waals surface area contributed by atoms with Gasteiger partial charge in [0, 0.05) is 4.55 Å². The monoisotopic (exact) mass is 229 g/mol. The molecule has 8 heavy (non-hydrogen) atoms. The summed E-state index contributed by atoms with van der Waals surface area (Å²) >= 11 is 2.12. The Bertz CT molecular complexity index is 76.4. The second-order valence-corrected chi connectivity index (χ2v) is 1.90. The molecule has 0 saturated carbocycles. The number of ether oxygens (including phenoxy) is 1. The third-order valence-corrected chi connectivity index (χ3v) is 1.13. The van der Waals surface area contributed by atoms with Crippen LogP contribution in [0, 0.1) is 0 Å². The molecule has 0 rings (SSSR count). The van der Waals surface area contributed by atoms with E-state index in [2.05, 4.69) is 32.6 Å². The Balaban J connectivity index is 2.99. The Morgan fingerprint density at radius 1 is 1.88 bits per heavy atom. The average molecular weight is 229 g/mol. The van der Waals surface area contributed by atoms with Gasteiger partial charge in [-0.3, -0.25) is 10.1 Å². The second-order valence-electron chi connectivity index (χ2n) is 1.14. The van der Waals surface area contributed by atoms with Crippen LogP contribution in [0.2, 0.25) is 0 Å². The summed E-state index contributed by atoms with van der Waals surface area (Å²) in [7, 11) is 1.37. The van der Waals surface area contributed by atoms with Crippen molar-refractivity contribution in [1.82, 2.24) is 5.32 Å². The Labute approximate surface area is 61.9 Å². The number of methoxy groups -OCH3 is 1. The highest BCUT2D eigenvalue weighted by molar-refractivity contribution is 14.1. The summed E-state index contributed by atoms with van der Waals surface area (Å²) in [6.45, 7) is 0.305. The lowest BCUT2D eigenvalue weighted by Gasteiger charge is -1.95. The van der Waals surface area contributed by atoms with Crippen LogP contribution in [0.4, 0.5) is 0 Å². The zero-order valence-electron chi connectivity index (χ0n) is 4.61. The first-order chi connectivity index (χ1) is 3.81. The summed E-state index contributed by atoms with van der Waals surface area (Å²) in [6, 6.07) is 0. The maximum atomic E-state index is 10.3. The first-order valence-electron chi connectivity index (χ1n) is 2.14. The van der Waals surface area contributed by atoms with E-state index in [9.17, 15) is 4.79 Å². The number of hydrogen-bond acceptors (Lipinski definition) is 3. The van der Waals surface area contributed by atoms with Crippen LogP contribution in [0.15, 0.2) is 0 Å². The molecule has 0 amide bonds. The van der Waals surface area contributed by atoms with Crippen LogP contribution >= 0.6 is 22.6 Å². The molecule has 0 unspecified atom stereocenters. The first kappa shape index (κ1) is 8.16. The van der Waals surface area contributed by atoms with Crippen LogP contribution in [0.3, 0.4) is 0 Å². The molecule has 0 fully saturated rings. The van der Waals surface area contributed by atoms with E-state index in [1.54, 1.807) is 0 Å². The summed E-state index contributed by atoms with van der Waals surface area (Å²) in [5.74, 6) is -0.221. The topological polar surface area (TPSA) is 38.3 Å². The van der Waals surface area contributed by atoms with Crippen LogP contribution in [-0.2, 0) is 9.53 Å². The summed E-state index contributed by atoms with van der Waals surface area (Å²) in [5.41, 5.74) is 0. The lowest BCUT2D eigenvalue weighted by atomic mass is 10.7. The van der Waals surface area contributed by atoms with E-state index in [1.165, 1.54) is 7.11 Å². The zero-order chi connectivity index (χ0) is 6.41. The molecule has 0 aliphatic heterocycles. The van der Waals surface area contributed by atoms with Crippen LogP contribution < -0.4 is 5.32 Å². The van der Waals surface area contributed by atoms with Gasteiger partial charge in [0.1, 0.15) is 0 Å². The number of alkyl halides is 1. The highest BCUT2D eigenvalue weighted by Crippen LogP contribution is 1.74. The van der Waals surface area contributed by atoms with Crippen LogP contribution in [0.25, 0.3) is 0 Å². The van der Waals surface area contributed by atoms with Gasteiger partial charge in [-0.25, -0.2) is 0 Å². The Morgan fingerprint density at radius 3 is 2.88 bits per heavy atom. The maximum absolute atomic E-state index is 10.3. The second kappa shape index (κ2) is 5.30. The fourth-order valence-corrected chi connectivity index (χ4v) is 0.491. The molecule has 0 saturated heterocycles. The van der Waals surface area contributed by atoms with E-state index in [-0.39, 0.29) is 5.97 Å². The number of carbonyl (C=O) groups excluding carboxylic acids is 1. The smallest absolute Gasteiger partial charge is 0.319 e. The summed E-state index contributed by atoms with van der Waals surface area (Å²) in [4.78, 5) is 10.3. The van der Waals surface area contributed by atoms with Gasteiger partial charge >= 0.3 is 5.97 Å². The standard InChI is InChI=1S/C4H8INO2/c1-8-4(7)2-6-3-5/h6H,2-3H2,1H3. The predicted octanol–water partition coefficient (Wildman–Crippen LogP) is 0.141. The van der Waals surface area contributed by atoms with Crippen molar-refractivity contribution in [3.8, 4) is 0 Å². The van der Waals surface area contributed by atoms with E-state index in [4.69, 9.17) is 0 Å². The molecule has 0 aromatic rings. The van der Waals surface area contributed by atoms with Crippen molar-refractivity contribution in [3.63, 3.8) is 0 Å². The molecule has 0 bridgehead atoms. The van der Waals surface area contributed by atoms with E-state index in [1.807, 2.05) is 0 Å². The van der Waals surface area contributed by atoms with Gasteiger partial charge in [0.2, 0.25) is 0 Å². The molecular weight excluding hydrogens is 221 g/mol. The summed E-state index contributed by atoms with van der Waals surface area (Å²) in [6.07, 6.45) is 0. The number of nitrogens with one attached hydrogen (secondary N) is 1. The number of hydrogen-bond donors (Lipinski definition) is 1. The van der Waals surface area contributed by atoms with Gasteiger partial charge < -0.3 is 4.74 Å². The molecule has 0 radical (unpaired) electrons. The molecule has 0 aliphatic rings. The van der Waals surface area contributed by atoms with Gasteiger partial charge in [0.15, 0.2) is 0 Å². The van der Waals surface area contributed by atoms with Gasteiger partial charge in [0.05, 0.1) is 13.7 Å².